The maximum absolute atomic E-state index is 12.8. The molecule has 172 valence electrons. The summed E-state index contributed by atoms with van der Waals surface area (Å²) in [5.41, 5.74) is 2.59. The summed E-state index contributed by atoms with van der Waals surface area (Å²) in [6.45, 7) is 2.84. The number of rotatable bonds is 6. The summed E-state index contributed by atoms with van der Waals surface area (Å²) in [7, 11) is -3.63. The summed E-state index contributed by atoms with van der Waals surface area (Å²) in [5, 5.41) is 3.75. The molecule has 3 rings (SSSR count). The van der Waals surface area contributed by atoms with E-state index in [4.69, 9.17) is 4.74 Å². The lowest BCUT2D eigenvalue weighted by Crippen LogP contribution is -2.50. The molecule has 1 saturated heterocycles. The third kappa shape index (κ3) is 5.53. The SMILES string of the molecule is CCCOC(=O)N(NC(=O)c1ccc(S(=O)(=O)N2CCCCC2)cc1)C(=O)c1ccsc1. The van der Waals surface area contributed by atoms with Crippen LogP contribution in [0.1, 0.15) is 53.3 Å². The van der Waals surface area contributed by atoms with Crippen molar-refractivity contribution in [3.8, 4) is 0 Å². The number of benzene rings is 1. The van der Waals surface area contributed by atoms with Crippen LogP contribution < -0.4 is 5.43 Å². The van der Waals surface area contributed by atoms with Gasteiger partial charge in [-0.3, -0.25) is 15.0 Å². The molecule has 0 saturated carbocycles. The van der Waals surface area contributed by atoms with Crippen LogP contribution in [0.5, 0.6) is 0 Å². The van der Waals surface area contributed by atoms with Gasteiger partial charge in [-0.1, -0.05) is 13.3 Å². The van der Waals surface area contributed by atoms with E-state index in [1.165, 1.54) is 46.0 Å². The Morgan fingerprint density at radius 1 is 1.06 bits per heavy atom. The van der Waals surface area contributed by atoms with Crippen molar-refractivity contribution in [2.24, 2.45) is 0 Å². The number of hydrazine groups is 1. The molecule has 11 heteroatoms. The fourth-order valence-electron chi connectivity index (χ4n) is 3.15. The Labute approximate surface area is 191 Å². The Hall–Kier alpha value is -2.76. The first-order valence-corrected chi connectivity index (χ1v) is 12.7. The smallest absolute Gasteiger partial charge is 0.436 e. The fraction of sp³-hybridized carbons (Fsp3) is 0.381. The van der Waals surface area contributed by atoms with Gasteiger partial charge in [-0.05, 0) is 55.0 Å². The number of carbonyl (C=O) groups is 3. The van der Waals surface area contributed by atoms with Gasteiger partial charge in [0.15, 0.2) is 0 Å². The van der Waals surface area contributed by atoms with Gasteiger partial charge in [0, 0.05) is 24.0 Å². The van der Waals surface area contributed by atoms with Gasteiger partial charge in [0.2, 0.25) is 10.0 Å². The Morgan fingerprint density at radius 2 is 1.75 bits per heavy atom. The molecular weight excluding hydrogens is 454 g/mol. The number of carbonyl (C=O) groups excluding carboxylic acids is 3. The number of imide groups is 1. The van der Waals surface area contributed by atoms with Crippen molar-refractivity contribution in [1.29, 1.82) is 0 Å². The molecule has 9 nitrogen and oxygen atoms in total. The summed E-state index contributed by atoms with van der Waals surface area (Å²) in [5.74, 6) is -1.48. The Morgan fingerprint density at radius 3 is 2.34 bits per heavy atom. The topological polar surface area (TPSA) is 113 Å². The molecule has 1 N–H and O–H groups in total. The van der Waals surface area contributed by atoms with Crippen molar-refractivity contribution in [1.82, 2.24) is 14.7 Å². The summed E-state index contributed by atoms with van der Waals surface area (Å²) in [6, 6.07) is 6.91. The van der Waals surface area contributed by atoms with Gasteiger partial charge in [0.25, 0.3) is 11.8 Å². The van der Waals surface area contributed by atoms with Crippen LogP contribution in [-0.2, 0) is 14.8 Å². The van der Waals surface area contributed by atoms with Crippen molar-refractivity contribution < 1.29 is 27.5 Å². The van der Waals surface area contributed by atoms with E-state index in [9.17, 15) is 22.8 Å². The number of thiophene rings is 1. The molecule has 3 amide bonds. The van der Waals surface area contributed by atoms with Crippen LogP contribution in [0.15, 0.2) is 46.0 Å². The Kier molecular flexibility index (Phi) is 7.99. The van der Waals surface area contributed by atoms with E-state index < -0.39 is 27.9 Å². The monoisotopic (exact) mass is 479 g/mol. The molecule has 2 aromatic rings. The van der Waals surface area contributed by atoms with Crippen LogP contribution in [0.3, 0.4) is 0 Å². The zero-order chi connectivity index (χ0) is 23.1. The summed E-state index contributed by atoms with van der Waals surface area (Å²) >= 11 is 1.27. The van der Waals surface area contributed by atoms with E-state index in [0.717, 1.165) is 19.3 Å². The molecule has 0 unspecified atom stereocenters. The average Bonchev–Trinajstić information content (AvgIpc) is 3.36. The van der Waals surface area contributed by atoms with E-state index in [1.807, 2.05) is 0 Å². The number of sulfonamides is 1. The predicted molar refractivity (Wildman–Crippen MR) is 119 cm³/mol. The van der Waals surface area contributed by atoms with Gasteiger partial charge in [-0.25, -0.2) is 13.2 Å². The molecule has 0 spiro atoms. The van der Waals surface area contributed by atoms with Crippen LogP contribution >= 0.6 is 11.3 Å². The zero-order valence-electron chi connectivity index (χ0n) is 17.7. The number of piperidine rings is 1. The van der Waals surface area contributed by atoms with Gasteiger partial charge >= 0.3 is 6.09 Å². The minimum atomic E-state index is -3.63. The molecular formula is C21H25N3O6S2. The highest BCUT2D eigenvalue weighted by molar-refractivity contribution is 7.89. The first kappa shape index (κ1) is 23.9. The predicted octanol–water partition coefficient (Wildman–Crippen LogP) is 3.26. The third-order valence-electron chi connectivity index (χ3n) is 4.87. The maximum Gasteiger partial charge on any atom is 0.436 e. The van der Waals surface area contributed by atoms with E-state index in [0.29, 0.717) is 24.5 Å². The highest BCUT2D eigenvalue weighted by Crippen LogP contribution is 2.21. The van der Waals surface area contributed by atoms with E-state index in [2.05, 4.69) is 5.43 Å². The summed E-state index contributed by atoms with van der Waals surface area (Å²) in [4.78, 5) is 37.8. The second-order valence-electron chi connectivity index (χ2n) is 7.20. The summed E-state index contributed by atoms with van der Waals surface area (Å²) < 4.78 is 32.0. The number of amides is 3. The van der Waals surface area contributed by atoms with Gasteiger partial charge in [0.05, 0.1) is 17.1 Å². The zero-order valence-corrected chi connectivity index (χ0v) is 19.3. The van der Waals surface area contributed by atoms with Gasteiger partial charge in [-0.15, -0.1) is 5.01 Å². The largest absolute Gasteiger partial charge is 0.448 e. The number of nitrogens with zero attached hydrogens (tertiary/aromatic N) is 2. The molecule has 1 fully saturated rings. The molecule has 1 aliphatic rings. The van der Waals surface area contributed by atoms with Crippen molar-refractivity contribution in [3.05, 3.63) is 52.2 Å². The fourth-order valence-corrected chi connectivity index (χ4v) is 5.29. The number of hydrogen-bond acceptors (Lipinski definition) is 7. The number of nitrogens with one attached hydrogen (secondary N) is 1. The highest BCUT2D eigenvalue weighted by atomic mass is 32.2. The second-order valence-corrected chi connectivity index (χ2v) is 9.91. The van der Waals surface area contributed by atoms with Crippen molar-refractivity contribution in [2.75, 3.05) is 19.7 Å². The molecule has 0 radical (unpaired) electrons. The molecule has 0 bridgehead atoms. The van der Waals surface area contributed by atoms with E-state index in [1.54, 1.807) is 17.7 Å². The Balaban J connectivity index is 1.75. The quantitative estimate of drug-likeness (QED) is 0.637. The summed E-state index contributed by atoms with van der Waals surface area (Å²) in [6.07, 6.45) is 2.20. The Bertz CT molecular complexity index is 1050. The molecule has 32 heavy (non-hydrogen) atoms. The molecule has 1 aromatic heterocycles. The standard InChI is InChI=1S/C21H25N3O6S2/c1-2-13-30-21(27)24(20(26)17-10-14-31-15-17)22-19(25)16-6-8-18(9-7-16)32(28,29)23-11-4-3-5-12-23/h6-10,14-15H,2-5,11-13H2,1H3,(H,22,25). The minimum absolute atomic E-state index is 0.0875. The normalized spacial score (nSPS) is 14.5. The minimum Gasteiger partial charge on any atom is -0.448 e. The second kappa shape index (κ2) is 10.7. The third-order valence-corrected chi connectivity index (χ3v) is 7.46. The van der Waals surface area contributed by atoms with Crippen molar-refractivity contribution in [3.63, 3.8) is 0 Å². The van der Waals surface area contributed by atoms with Crippen LogP contribution in [0.2, 0.25) is 0 Å². The van der Waals surface area contributed by atoms with Gasteiger partial charge < -0.3 is 4.74 Å². The van der Waals surface area contributed by atoms with Crippen LogP contribution in [0, 0.1) is 0 Å². The van der Waals surface area contributed by atoms with Gasteiger partial charge in [-0.2, -0.15) is 15.6 Å². The van der Waals surface area contributed by atoms with E-state index >= 15 is 0 Å². The van der Waals surface area contributed by atoms with Crippen LogP contribution in [0.4, 0.5) is 4.79 Å². The highest BCUT2D eigenvalue weighted by Gasteiger charge is 2.28. The average molecular weight is 480 g/mol. The molecule has 1 aliphatic heterocycles. The van der Waals surface area contributed by atoms with E-state index in [-0.39, 0.29) is 22.6 Å². The molecule has 0 aliphatic carbocycles. The maximum atomic E-state index is 12.8. The van der Waals surface area contributed by atoms with Crippen LogP contribution in [0.25, 0.3) is 0 Å². The lowest BCUT2D eigenvalue weighted by Gasteiger charge is -2.26. The lowest BCUT2D eigenvalue weighted by atomic mass is 10.2. The number of ether oxygens (including phenoxy) is 1. The molecule has 2 heterocycles. The van der Waals surface area contributed by atoms with Crippen molar-refractivity contribution in [2.45, 2.75) is 37.5 Å². The van der Waals surface area contributed by atoms with Gasteiger partial charge in [0.1, 0.15) is 0 Å². The number of hydrogen-bond donors (Lipinski definition) is 1. The van der Waals surface area contributed by atoms with Crippen LogP contribution in [-0.4, -0.2) is 55.3 Å². The van der Waals surface area contributed by atoms with Crippen molar-refractivity contribution >= 4 is 39.3 Å². The lowest BCUT2D eigenvalue weighted by molar-refractivity contribution is 0.0495. The first-order valence-electron chi connectivity index (χ1n) is 10.3. The first-order chi connectivity index (χ1) is 15.3. The molecule has 1 aromatic carbocycles. The molecule has 0 atom stereocenters.